The van der Waals surface area contributed by atoms with Crippen molar-refractivity contribution >= 4 is 5.95 Å². The number of aryl methyl sites for hydroxylation is 1. The Morgan fingerprint density at radius 1 is 1.57 bits per heavy atom. The average molecular weight is 195 g/mol. The van der Waals surface area contributed by atoms with E-state index < -0.39 is 0 Å². The van der Waals surface area contributed by atoms with Crippen molar-refractivity contribution in [1.82, 2.24) is 14.8 Å². The van der Waals surface area contributed by atoms with Gasteiger partial charge in [0.05, 0.1) is 0 Å². The summed E-state index contributed by atoms with van der Waals surface area (Å²) in [4.78, 5) is 4.45. The van der Waals surface area contributed by atoms with Crippen LogP contribution in [0.25, 0.3) is 0 Å². The highest BCUT2D eigenvalue weighted by molar-refractivity contribution is 5.25. The number of nitrogens with one attached hydrogen (secondary N) is 1. The minimum absolute atomic E-state index is 0.592. The molecular weight excluding hydrogens is 178 g/mol. The van der Waals surface area contributed by atoms with E-state index in [1.807, 2.05) is 7.05 Å². The largest absolute Gasteiger partial charge is 0.353 e. The zero-order valence-electron chi connectivity index (χ0n) is 8.53. The van der Waals surface area contributed by atoms with E-state index in [4.69, 9.17) is 5.73 Å². The summed E-state index contributed by atoms with van der Waals surface area (Å²) >= 11 is 0. The van der Waals surface area contributed by atoms with Crippen molar-refractivity contribution in [3.8, 4) is 0 Å². The third-order valence-electron chi connectivity index (χ3n) is 2.68. The van der Waals surface area contributed by atoms with Crippen LogP contribution in [0.3, 0.4) is 0 Å². The fraction of sp³-hybridized carbons (Fsp3) is 0.778. The Kier molecular flexibility index (Phi) is 2.67. The molecule has 1 aromatic heterocycles. The van der Waals surface area contributed by atoms with E-state index in [1.54, 1.807) is 4.68 Å². The number of aromatic nitrogens is 3. The molecule has 0 radical (unpaired) electrons. The van der Waals surface area contributed by atoms with Crippen molar-refractivity contribution in [2.75, 3.05) is 18.4 Å². The van der Waals surface area contributed by atoms with Crippen LogP contribution < -0.4 is 11.1 Å². The van der Waals surface area contributed by atoms with Crippen LogP contribution in [0.4, 0.5) is 5.95 Å². The van der Waals surface area contributed by atoms with Gasteiger partial charge in [-0.05, 0) is 12.8 Å². The molecule has 0 aliphatic heterocycles. The van der Waals surface area contributed by atoms with Gasteiger partial charge in [-0.2, -0.15) is 10.1 Å². The Morgan fingerprint density at radius 2 is 2.36 bits per heavy atom. The first-order valence-corrected chi connectivity index (χ1v) is 5.16. The Bertz CT molecular complexity index is 302. The molecule has 0 saturated heterocycles. The first kappa shape index (κ1) is 9.45. The lowest BCUT2D eigenvalue weighted by molar-refractivity contribution is 0.400. The fourth-order valence-corrected chi connectivity index (χ4v) is 1.58. The maximum atomic E-state index is 5.41. The summed E-state index contributed by atoms with van der Waals surface area (Å²) in [5.74, 6) is 2.41. The smallest absolute Gasteiger partial charge is 0.221 e. The predicted octanol–water partition coefficient (Wildman–Crippen LogP) is 0.453. The second-order valence-corrected chi connectivity index (χ2v) is 3.76. The normalized spacial score (nSPS) is 16.7. The molecule has 0 unspecified atom stereocenters. The zero-order chi connectivity index (χ0) is 9.97. The Morgan fingerprint density at radius 3 is 2.93 bits per heavy atom. The Balaban J connectivity index is 2.04. The molecule has 0 amide bonds. The molecule has 0 aromatic carbocycles. The maximum Gasteiger partial charge on any atom is 0.221 e. The summed E-state index contributed by atoms with van der Waals surface area (Å²) < 4.78 is 1.79. The van der Waals surface area contributed by atoms with Crippen molar-refractivity contribution in [3.05, 3.63) is 5.82 Å². The van der Waals surface area contributed by atoms with Crippen molar-refractivity contribution in [1.29, 1.82) is 0 Å². The highest BCUT2D eigenvalue weighted by atomic mass is 15.4. The van der Waals surface area contributed by atoms with Crippen molar-refractivity contribution in [2.45, 2.75) is 25.2 Å². The van der Waals surface area contributed by atoms with Crippen molar-refractivity contribution in [3.63, 3.8) is 0 Å². The molecular formula is C9H17N5. The molecule has 1 aromatic rings. The van der Waals surface area contributed by atoms with Gasteiger partial charge in [-0.15, -0.1) is 0 Å². The number of nitrogens with zero attached hydrogens (tertiary/aromatic N) is 3. The second kappa shape index (κ2) is 3.96. The van der Waals surface area contributed by atoms with Gasteiger partial charge in [0.15, 0.2) is 5.82 Å². The molecule has 1 fully saturated rings. The van der Waals surface area contributed by atoms with E-state index >= 15 is 0 Å². The molecule has 1 saturated carbocycles. The lowest BCUT2D eigenvalue weighted by Gasteiger charge is -2.21. The van der Waals surface area contributed by atoms with E-state index in [-0.39, 0.29) is 0 Å². The molecule has 78 valence electrons. The van der Waals surface area contributed by atoms with E-state index in [0.29, 0.717) is 12.5 Å². The quantitative estimate of drug-likeness (QED) is 0.732. The minimum atomic E-state index is 0.592. The van der Waals surface area contributed by atoms with Crippen LogP contribution in [-0.4, -0.2) is 27.9 Å². The molecule has 1 aliphatic carbocycles. The van der Waals surface area contributed by atoms with Crippen LogP contribution in [0.2, 0.25) is 0 Å². The summed E-state index contributed by atoms with van der Waals surface area (Å²) in [5.41, 5.74) is 5.41. The third kappa shape index (κ3) is 1.72. The standard InChI is InChI=1S/C9H17N5/c1-14-9(11-6-5-10)12-8(13-14)7-3-2-4-7/h7H,2-6,10H2,1H3,(H,11,12,13). The lowest BCUT2D eigenvalue weighted by atomic mass is 9.85. The van der Waals surface area contributed by atoms with Crippen molar-refractivity contribution < 1.29 is 0 Å². The van der Waals surface area contributed by atoms with Gasteiger partial charge in [-0.3, -0.25) is 0 Å². The van der Waals surface area contributed by atoms with Crippen LogP contribution >= 0.6 is 0 Å². The van der Waals surface area contributed by atoms with Gasteiger partial charge >= 0.3 is 0 Å². The summed E-state index contributed by atoms with van der Waals surface area (Å²) in [7, 11) is 1.91. The number of hydrogen-bond acceptors (Lipinski definition) is 4. The number of rotatable bonds is 4. The number of anilines is 1. The maximum absolute atomic E-state index is 5.41. The highest BCUT2D eigenvalue weighted by Crippen LogP contribution is 2.34. The second-order valence-electron chi connectivity index (χ2n) is 3.76. The zero-order valence-corrected chi connectivity index (χ0v) is 8.53. The highest BCUT2D eigenvalue weighted by Gasteiger charge is 2.24. The van der Waals surface area contributed by atoms with E-state index in [1.165, 1.54) is 19.3 Å². The molecule has 0 atom stereocenters. The topological polar surface area (TPSA) is 68.8 Å². The van der Waals surface area contributed by atoms with E-state index in [9.17, 15) is 0 Å². The lowest BCUT2D eigenvalue weighted by Crippen LogP contribution is -2.15. The molecule has 1 aliphatic rings. The number of hydrogen-bond donors (Lipinski definition) is 2. The molecule has 3 N–H and O–H groups in total. The molecule has 14 heavy (non-hydrogen) atoms. The van der Waals surface area contributed by atoms with Crippen LogP contribution in [0.5, 0.6) is 0 Å². The third-order valence-corrected chi connectivity index (χ3v) is 2.68. The van der Waals surface area contributed by atoms with Crippen LogP contribution in [-0.2, 0) is 7.05 Å². The first-order valence-electron chi connectivity index (χ1n) is 5.16. The van der Waals surface area contributed by atoms with E-state index in [0.717, 1.165) is 18.3 Å². The Hall–Kier alpha value is -1.10. The minimum Gasteiger partial charge on any atom is -0.353 e. The van der Waals surface area contributed by atoms with Crippen LogP contribution in [0.1, 0.15) is 31.0 Å². The Labute approximate surface area is 83.7 Å². The van der Waals surface area contributed by atoms with Gasteiger partial charge in [0.2, 0.25) is 5.95 Å². The van der Waals surface area contributed by atoms with Crippen LogP contribution in [0, 0.1) is 0 Å². The first-order chi connectivity index (χ1) is 6.81. The van der Waals surface area contributed by atoms with Crippen LogP contribution in [0.15, 0.2) is 0 Å². The van der Waals surface area contributed by atoms with E-state index in [2.05, 4.69) is 15.4 Å². The number of nitrogens with two attached hydrogens (primary N) is 1. The molecule has 0 spiro atoms. The summed E-state index contributed by atoms with van der Waals surface area (Å²) in [6, 6.07) is 0. The van der Waals surface area contributed by atoms with Gasteiger partial charge in [0.1, 0.15) is 0 Å². The summed E-state index contributed by atoms with van der Waals surface area (Å²) in [6.07, 6.45) is 3.79. The van der Waals surface area contributed by atoms with Gasteiger partial charge in [0.25, 0.3) is 0 Å². The van der Waals surface area contributed by atoms with Gasteiger partial charge in [-0.25, -0.2) is 4.68 Å². The van der Waals surface area contributed by atoms with Crippen molar-refractivity contribution in [2.24, 2.45) is 12.8 Å². The summed E-state index contributed by atoms with van der Waals surface area (Å²) in [6.45, 7) is 1.36. The SMILES string of the molecule is Cn1nc(C2CCC2)nc1NCCN. The summed E-state index contributed by atoms with van der Waals surface area (Å²) in [5, 5.41) is 7.54. The molecule has 2 rings (SSSR count). The predicted molar refractivity (Wildman–Crippen MR) is 55.1 cm³/mol. The molecule has 5 heteroatoms. The molecule has 0 bridgehead atoms. The van der Waals surface area contributed by atoms with Gasteiger partial charge < -0.3 is 11.1 Å². The molecule has 5 nitrogen and oxygen atoms in total. The van der Waals surface area contributed by atoms with Gasteiger partial charge in [-0.1, -0.05) is 6.42 Å². The average Bonchev–Trinajstić information content (AvgIpc) is 2.40. The van der Waals surface area contributed by atoms with Gasteiger partial charge in [0, 0.05) is 26.1 Å². The monoisotopic (exact) mass is 195 g/mol. The molecule has 1 heterocycles. The fourth-order valence-electron chi connectivity index (χ4n) is 1.58.